The maximum absolute atomic E-state index is 5.89. The number of hydrogen-bond donors (Lipinski definition) is 1. The summed E-state index contributed by atoms with van der Waals surface area (Å²) >= 11 is 0. The minimum atomic E-state index is -0.646. The summed E-state index contributed by atoms with van der Waals surface area (Å²) < 4.78 is 10.4. The van der Waals surface area contributed by atoms with E-state index in [9.17, 15) is 0 Å². The van der Waals surface area contributed by atoms with E-state index in [1.807, 2.05) is 38.1 Å². The fraction of sp³-hybridized carbons (Fsp3) is 0.333. The van der Waals surface area contributed by atoms with Gasteiger partial charge in [-0.15, -0.1) is 0 Å². The third-order valence-electron chi connectivity index (χ3n) is 2.33. The first kappa shape index (κ1) is 11.6. The highest BCUT2D eigenvalue weighted by atomic mass is 16.5. The topological polar surface area (TPSA) is 74.2 Å². The average molecular weight is 233 g/mol. The van der Waals surface area contributed by atoms with Crippen LogP contribution < -0.4 is 10.5 Å². The Morgan fingerprint density at radius 3 is 2.59 bits per heavy atom. The predicted octanol–water partition coefficient (Wildman–Crippen LogP) is 1.94. The van der Waals surface area contributed by atoms with Gasteiger partial charge in [0.15, 0.2) is 0 Å². The second kappa shape index (κ2) is 4.18. The largest absolute Gasteiger partial charge is 0.496 e. The van der Waals surface area contributed by atoms with Gasteiger partial charge in [0.1, 0.15) is 5.75 Å². The van der Waals surface area contributed by atoms with E-state index in [1.165, 1.54) is 0 Å². The molecular weight excluding hydrogens is 218 g/mol. The van der Waals surface area contributed by atoms with Gasteiger partial charge in [-0.1, -0.05) is 17.3 Å². The SMILES string of the molecule is COc1ccccc1-c1noc(C(C)(C)N)n1. The van der Waals surface area contributed by atoms with Crippen molar-refractivity contribution in [3.8, 4) is 17.1 Å². The zero-order valence-corrected chi connectivity index (χ0v) is 10.1. The predicted molar refractivity (Wildman–Crippen MR) is 63.5 cm³/mol. The van der Waals surface area contributed by atoms with Crippen molar-refractivity contribution in [2.45, 2.75) is 19.4 Å². The van der Waals surface area contributed by atoms with Crippen molar-refractivity contribution in [1.82, 2.24) is 10.1 Å². The molecule has 1 heterocycles. The van der Waals surface area contributed by atoms with E-state index in [-0.39, 0.29) is 0 Å². The molecule has 1 aromatic heterocycles. The lowest BCUT2D eigenvalue weighted by atomic mass is 10.1. The van der Waals surface area contributed by atoms with Crippen molar-refractivity contribution < 1.29 is 9.26 Å². The first-order valence-electron chi connectivity index (χ1n) is 5.29. The molecule has 0 atom stereocenters. The van der Waals surface area contributed by atoms with E-state index in [1.54, 1.807) is 7.11 Å². The Hall–Kier alpha value is -1.88. The van der Waals surface area contributed by atoms with Crippen LogP contribution in [0.5, 0.6) is 5.75 Å². The number of ether oxygens (including phenoxy) is 1. The number of rotatable bonds is 3. The van der Waals surface area contributed by atoms with Gasteiger partial charge in [-0.25, -0.2) is 0 Å². The summed E-state index contributed by atoms with van der Waals surface area (Å²) in [6.45, 7) is 3.62. The normalized spacial score (nSPS) is 11.5. The van der Waals surface area contributed by atoms with Crippen LogP contribution in [0.1, 0.15) is 19.7 Å². The summed E-state index contributed by atoms with van der Waals surface area (Å²) in [7, 11) is 1.60. The maximum Gasteiger partial charge on any atom is 0.246 e. The summed E-state index contributed by atoms with van der Waals surface area (Å²) in [5.41, 5.74) is 6.03. The van der Waals surface area contributed by atoms with Gasteiger partial charge < -0.3 is 15.0 Å². The van der Waals surface area contributed by atoms with E-state index in [0.29, 0.717) is 17.5 Å². The van der Waals surface area contributed by atoms with Crippen molar-refractivity contribution in [1.29, 1.82) is 0 Å². The van der Waals surface area contributed by atoms with Crippen molar-refractivity contribution in [3.05, 3.63) is 30.2 Å². The van der Waals surface area contributed by atoms with Gasteiger partial charge in [0, 0.05) is 0 Å². The molecule has 2 N–H and O–H groups in total. The molecule has 0 aliphatic carbocycles. The van der Waals surface area contributed by atoms with Crippen LogP contribution in [0.3, 0.4) is 0 Å². The zero-order valence-electron chi connectivity index (χ0n) is 10.1. The first-order valence-corrected chi connectivity index (χ1v) is 5.29. The zero-order chi connectivity index (χ0) is 12.5. The number of nitrogens with two attached hydrogens (primary N) is 1. The molecule has 2 aromatic rings. The summed E-state index contributed by atoms with van der Waals surface area (Å²) in [5, 5.41) is 3.92. The van der Waals surface area contributed by atoms with Crippen molar-refractivity contribution in [2.75, 3.05) is 7.11 Å². The van der Waals surface area contributed by atoms with Crippen LogP contribution in [0.2, 0.25) is 0 Å². The third-order valence-corrected chi connectivity index (χ3v) is 2.33. The number of benzene rings is 1. The molecule has 90 valence electrons. The molecule has 2 rings (SSSR count). The number of methoxy groups -OCH3 is 1. The van der Waals surface area contributed by atoms with Crippen molar-refractivity contribution in [3.63, 3.8) is 0 Å². The Labute approximate surface area is 99.6 Å². The standard InChI is InChI=1S/C12H15N3O2/c1-12(2,13)11-14-10(15-17-11)8-6-4-5-7-9(8)16-3/h4-7H,13H2,1-3H3. The van der Waals surface area contributed by atoms with Crippen LogP contribution in [0.25, 0.3) is 11.4 Å². The molecule has 0 saturated heterocycles. The van der Waals surface area contributed by atoms with Crippen LogP contribution in [0, 0.1) is 0 Å². The van der Waals surface area contributed by atoms with Crippen LogP contribution in [0.15, 0.2) is 28.8 Å². The molecule has 0 fully saturated rings. The van der Waals surface area contributed by atoms with E-state index in [2.05, 4.69) is 10.1 Å². The van der Waals surface area contributed by atoms with Crippen molar-refractivity contribution in [2.24, 2.45) is 5.73 Å². The number of hydrogen-bond acceptors (Lipinski definition) is 5. The highest BCUT2D eigenvalue weighted by Crippen LogP contribution is 2.28. The summed E-state index contributed by atoms with van der Waals surface area (Å²) in [4.78, 5) is 4.28. The molecular formula is C12H15N3O2. The molecule has 0 radical (unpaired) electrons. The molecule has 5 nitrogen and oxygen atoms in total. The van der Waals surface area contributed by atoms with Crippen LogP contribution in [0.4, 0.5) is 0 Å². The molecule has 1 aromatic carbocycles. The fourth-order valence-corrected chi connectivity index (χ4v) is 1.42. The minimum absolute atomic E-state index is 0.401. The average Bonchev–Trinajstić information content (AvgIpc) is 2.77. The quantitative estimate of drug-likeness (QED) is 0.876. The Balaban J connectivity index is 2.44. The van der Waals surface area contributed by atoms with Gasteiger partial charge in [0.05, 0.1) is 18.2 Å². The Bertz CT molecular complexity index is 514. The van der Waals surface area contributed by atoms with Crippen molar-refractivity contribution >= 4 is 0 Å². The molecule has 17 heavy (non-hydrogen) atoms. The lowest BCUT2D eigenvalue weighted by Crippen LogP contribution is -2.28. The third kappa shape index (κ3) is 2.29. The molecule has 0 aliphatic heterocycles. The molecule has 5 heteroatoms. The molecule has 0 amide bonds. The minimum Gasteiger partial charge on any atom is -0.496 e. The molecule has 0 bridgehead atoms. The summed E-state index contributed by atoms with van der Waals surface area (Å²) in [6, 6.07) is 7.49. The number of para-hydroxylation sites is 1. The van der Waals surface area contributed by atoms with E-state index in [0.717, 1.165) is 5.56 Å². The monoisotopic (exact) mass is 233 g/mol. The van der Waals surface area contributed by atoms with Gasteiger partial charge in [0.25, 0.3) is 0 Å². The van der Waals surface area contributed by atoms with E-state index in [4.69, 9.17) is 15.0 Å². The number of aromatic nitrogens is 2. The van der Waals surface area contributed by atoms with Crippen LogP contribution in [-0.4, -0.2) is 17.3 Å². The molecule has 0 unspecified atom stereocenters. The molecule has 0 saturated carbocycles. The smallest absolute Gasteiger partial charge is 0.246 e. The summed E-state index contributed by atoms with van der Waals surface area (Å²) in [6.07, 6.45) is 0. The van der Waals surface area contributed by atoms with Gasteiger partial charge in [-0.3, -0.25) is 0 Å². The maximum atomic E-state index is 5.89. The molecule has 0 spiro atoms. The number of nitrogens with zero attached hydrogens (tertiary/aromatic N) is 2. The lowest BCUT2D eigenvalue weighted by Gasteiger charge is -2.10. The Morgan fingerprint density at radius 1 is 1.29 bits per heavy atom. The van der Waals surface area contributed by atoms with E-state index >= 15 is 0 Å². The lowest BCUT2D eigenvalue weighted by molar-refractivity contribution is 0.312. The Morgan fingerprint density at radius 2 is 2.00 bits per heavy atom. The van der Waals surface area contributed by atoms with Gasteiger partial charge in [-0.05, 0) is 26.0 Å². The first-order chi connectivity index (χ1) is 8.02. The van der Waals surface area contributed by atoms with Crippen LogP contribution >= 0.6 is 0 Å². The van der Waals surface area contributed by atoms with E-state index < -0.39 is 5.54 Å². The highest BCUT2D eigenvalue weighted by Gasteiger charge is 2.23. The van der Waals surface area contributed by atoms with Crippen LogP contribution in [-0.2, 0) is 5.54 Å². The second-order valence-corrected chi connectivity index (χ2v) is 4.35. The highest BCUT2D eigenvalue weighted by molar-refractivity contribution is 5.63. The van der Waals surface area contributed by atoms with Gasteiger partial charge in [0.2, 0.25) is 11.7 Å². The molecule has 0 aliphatic rings. The fourth-order valence-electron chi connectivity index (χ4n) is 1.42. The van der Waals surface area contributed by atoms with Gasteiger partial charge >= 0.3 is 0 Å². The summed E-state index contributed by atoms with van der Waals surface area (Å²) in [5.74, 6) is 1.59. The second-order valence-electron chi connectivity index (χ2n) is 4.35. The van der Waals surface area contributed by atoms with Gasteiger partial charge in [-0.2, -0.15) is 4.98 Å². The Kier molecular flexibility index (Phi) is 2.85.